The number of fused-ring (bicyclic) bond motifs is 2. The van der Waals surface area contributed by atoms with Gasteiger partial charge in [0.25, 0.3) is 0 Å². The first kappa shape index (κ1) is 18.5. The van der Waals surface area contributed by atoms with Gasteiger partial charge in [-0.3, -0.25) is 14.9 Å². The van der Waals surface area contributed by atoms with E-state index >= 15 is 0 Å². The van der Waals surface area contributed by atoms with Crippen LogP contribution in [0.15, 0.2) is 17.1 Å². The van der Waals surface area contributed by atoms with Crippen LogP contribution in [0.3, 0.4) is 0 Å². The minimum absolute atomic E-state index is 0.0575. The van der Waals surface area contributed by atoms with Gasteiger partial charge in [0.05, 0.1) is 30.5 Å². The molecule has 3 rings (SSSR count). The first-order valence-corrected chi connectivity index (χ1v) is 9.09. The third kappa shape index (κ3) is 3.93. The molecule has 1 amide bonds. The molecule has 2 aliphatic rings. The normalized spacial score (nSPS) is 18.0. The fourth-order valence-electron chi connectivity index (χ4n) is 2.93. The number of hydrogen-bond acceptors (Lipinski definition) is 6. The van der Waals surface area contributed by atoms with Crippen molar-refractivity contribution in [1.29, 1.82) is 0 Å². The molecule has 1 N–H and O–H groups in total. The second-order valence-corrected chi connectivity index (χ2v) is 6.73. The minimum atomic E-state index is -0.264. The Morgan fingerprint density at radius 3 is 2.88 bits per heavy atom. The van der Waals surface area contributed by atoms with E-state index in [1.807, 2.05) is 17.9 Å². The quantitative estimate of drug-likeness (QED) is 0.582. The number of nitrogens with zero attached hydrogens (tertiary/aromatic N) is 2. The molecule has 0 radical (unpaired) electrons. The Balaban J connectivity index is 1.56. The third-order valence-electron chi connectivity index (χ3n) is 4.44. The van der Waals surface area contributed by atoms with Crippen molar-refractivity contribution in [2.75, 3.05) is 13.2 Å². The SMILES string of the molecule is CC(=O)OCCCCCOc1ccc2c(c1Cl)CN1C(=N2)NC(=O)C1C. The van der Waals surface area contributed by atoms with Crippen LogP contribution in [-0.2, 0) is 20.9 Å². The molecule has 0 saturated carbocycles. The Bertz CT molecular complexity index is 750. The van der Waals surface area contributed by atoms with Gasteiger partial charge in [-0.25, -0.2) is 4.99 Å². The van der Waals surface area contributed by atoms with Gasteiger partial charge in [-0.05, 0) is 38.3 Å². The van der Waals surface area contributed by atoms with Gasteiger partial charge in [0, 0.05) is 12.5 Å². The lowest BCUT2D eigenvalue weighted by Crippen LogP contribution is -2.35. The van der Waals surface area contributed by atoms with Crippen LogP contribution in [0.5, 0.6) is 5.75 Å². The van der Waals surface area contributed by atoms with E-state index in [4.69, 9.17) is 21.1 Å². The zero-order chi connectivity index (χ0) is 18.7. The van der Waals surface area contributed by atoms with Crippen LogP contribution >= 0.6 is 11.6 Å². The van der Waals surface area contributed by atoms with Gasteiger partial charge in [0.1, 0.15) is 11.8 Å². The average molecular weight is 380 g/mol. The van der Waals surface area contributed by atoms with Crippen LogP contribution in [0.25, 0.3) is 0 Å². The van der Waals surface area contributed by atoms with Crippen molar-refractivity contribution in [3.8, 4) is 5.75 Å². The number of nitrogens with one attached hydrogen (secondary N) is 1. The molecule has 2 heterocycles. The molecule has 1 fully saturated rings. The van der Waals surface area contributed by atoms with E-state index in [-0.39, 0.29) is 17.9 Å². The number of unbranched alkanes of at least 4 members (excludes halogenated alkanes) is 2. The summed E-state index contributed by atoms with van der Waals surface area (Å²) in [6, 6.07) is 3.40. The van der Waals surface area contributed by atoms with Gasteiger partial charge in [-0.1, -0.05) is 11.6 Å². The zero-order valence-corrected chi connectivity index (χ0v) is 15.6. The zero-order valence-electron chi connectivity index (χ0n) is 14.9. The fraction of sp³-hybridized carbons (Fsp3) is 0.500. The Hall–Kier alpha value is -2.28. The van der Waals surface area contributed by atoms with E-state index in [0.717, 1.165) is 30.5 Å². The van der Waals surface area contributed by atoms with Crippen molar-refractivity contribution in [2.45, 2.75) is 45.7 Å². The van der Waals surface area contributed by atoms with Crippen molar-refractivity contribution in [1.82, 2.24) is 10.2 Å². The van der Waals surface area contributed by atoms with E-state index in [0.29, 0.717) is 36.5 Å². The molecule has 0 bridgehead atoms. The van der Waals surface area contributed by atoms with E-state index in [1.165, 1.54) is 6.92 Å². The number of aliphatic imine (C=N–C) groups is 1. The highest BCUT2D eigenvalue weighted by molar-refractivity contribution is 6.33. The van der Waals surface area contributed by atoms with Crippen LogP contribution in [0.1, 0.15) is 38.7 Å². The monoisotopic (exact) mass is 379 g/mol. The summed E-state index contributed by atoms with van der Waals surface area (Å²) in [7, 11) is 0. The van der Waals surface area contributed by atoms with E-state index in [9.17, 15) is 9.59 Å². The molecule has 0 spiro atoms. The molecule has 26 heavy (non-hydrogen) atoms. The van der Waals surface area contributed by atoms with Crippen LogP contribution in [0, 0.1) is 0 Å². The largest absolute Gasteiger partial charge is 0.492 e. The van der Waals surface area contributed by atoms with E-state index < -0.39 is 0 Å². The Kier molecular flexibility index (Phi) is 5.66. The minimum Gasteiger partial charge on any atom is -0.492 e. The summed E-state index contributed by atoms with van der Waals surface area (Å²) < 4.78 is 10.7. The summed E-state index contributed by atoms with van der Waals surface area (Å²) in [6.07, 6.45) is 2.56. The topological polar surface area (TPSA) is 80.2 Å². The van der Waals surface area contributed by atoms with Gasteiger partial charge < -0.3 is 14.4 Å². The second kappa shape index (κ2) is 7.95. The molecule has 2 aliphatic heterocycles. The summed E-state index contributed by atoms with van der Waals surface area (Å²) in [5, 5.41) is 3.32. The second-order valence-electron chi connectivity index (χ2n) is 6.35. The smallest absolute Gasteiger partial charge is 0.302 e. The highest BCUT2D eigenvalue weighted by Crippen LogP contribution is 2.39. The van der Waals surface area contributed by atoms with Gasteiger partial charge in [-0.2, -0.15) is 0 Å². The highest BCUT2D eigenvalue weighted by atomic mass is 35.5. The van der Waals surface area contributed by atoms with E-state index in [1.54, 1.807) is 6.07 Å². The molecule has 1 aromatic carbocycles. The first-order valence-electron chi connectivity index (χ1n) is 8.71. The maximum atomic E-state index is 11.8. The molecule has 0 aromatic heterocycles. The predicted molar refractivity (Wildman–Crippen MR) is 97.7 cm³/mol. The number of carbonyl (C=O) groups is 2. The fourth-order valence-corrected chi connectivity index (χ4v) is 3.21. The number of hydrogen-bond donors (Lipinski definition) is 1. The van der Waals surface area contributed by atoms with Crippen LogP contribution < -0.4 is 10.1 Å². The number of benzene rings is 1. The lowest BCUT2D eigenvalue weighted by molar-refractivity contribution is -0.141. The summed E-state index contributed by atoms with van der Waals surface area (Å²) in [4.78, 5) is 28.9. The number of amides is 1. The number of carbonyl (C=O) groups excluding carboxylic acids is 2. The molecule has 1 unspecified atom stereocenters. The summed E-state index contributed by atoms with van der Waals surface area (Å²) in [6.45, 7) is 4.74. The lowest BCUT2D eigenvalue weighted by atomic mass is 10.1. The van der Waals surface area contributed by atoms with Crippen molar-refractivity contribution in [3.63, 3.8) is 0 Å². The third-order valence-corrected chi connectivity index (χ3v) is 4.86. The molecule has 0 aliphatic carbocycles. The molecule has 1 atom stereocenters. The molecule has 1 saturated heterocycles. The van der Waals surface area contributed by atoms with Crippen molar-refractivity contribution < 1.29 is 19.1 Å². The maximum absolute atomic E-state index is 11.8. The summed E-state index contributed by atoms with van der Waals surface area (Å²) >= 11 is 6.51. The summed E-state index contributed by atoms with van der Waals surface area (Å²) in [5.74, 6) is 0.887. The molecule has 8 heteroatoms. The number of rotatable bonds is 7. The predicted octanol–water partition coefficient (Wildman–Crippen LogP) is 2.77. The summed E-state index contributed by atoms with van der Waals surface area (Å²) in [5.41, 5.74) is 1.62. The number of ether oxygens (including phenoxy) is 2. The van der Waals surface area contributed by atoms with Crippen LogP contribution in [0.2, 0.25) is 5.02 Å². The van der Waals surface area contributed by atoms with Crippen molar-refractivity contribution in [2.24, 2.45) is 4.99 Å². The molecule has 140 valence electrons. The molecule has 7 nitrogen and oxygen atoms in total. The first-order chi connectivity index (χ1) is 12.5. The number of guanidine groups is 1. The number of esters is 1. The van der Waals surface area contributed by atoms with Crippen LogP contribution in [0.4, 0.5) is 5.69 Å². The van der Waals surface area contributed by atoms with Gasteiger partial charge in [0.2, 0.25) is 11.9 Å². The van der Waals surface area contributed by atoms with Gasteiger partial charge >= 0.3 is 5.97 Å². The Labute approximate surface area is 157 Å². The van der Waals surface area contributed by atoms with E-state index in [2.05, 4.69) is 10.3 Å². The standard InChI is InChI=1S/C18H22ClN3O4/c1-11-17(24)21-18-20-14-6-7-15(16(19)13(14)10-22(11)18)26-9-5-3-4-8-25-12(2)23/h6-7,11H,3-5,8-10H2,1-2H3,(H,20,21,24). The highest BCUT2D eigenvalue weighted by Gasteiger charge is 2.36. The molecular formula is C18H22ClN3O4. The van der Waals surface area contributed by atoms with Crippen molar-refractivity contribution in [3.05, 3.63) is 22.7 Å². The number of halogens is 1. The average Bonchev–Trinajstić information content (AvgIpc) is 2.88. The maximum Gasteiger partial charge on any atom is 0.302 e. The van der Waals surface area contributed by atoms with Gasteiger partial charge in [-0.15, -0.1) is 0 Å². The Morgan fingerprint density at radius 2 is 2.12 bits per heavy atom. The molecule has 1 aromatic rings. The lowest BCUT2D eigenvalue weighted by Gasteiger charge is -2.27. The molecular weight excluding hydrogens is 358 g/mol. The Morgan fingerprint density at radius 1 is 1.35 bits per heavy atom. The van der Waals surface area contributed by atoms with Gasteiger partial charge in [0.15, 0.2) is 0 Å². The van der Waals surface area contributed by atoms with Crippen molar-refractivity contribution >= 4 is 35.1 Å². The van der Waals surface area contributed by atoms with Crippen LogP contribution in [-0.4, -0.2) is 42.0 Å².